The van der Waals surface area contributed by atoms with E-state index in [9.17, 15) is 4.79 Å². The van der Waals surface area contributed by atoms with Gasteiger partial charge in [0, 0.05) is 5.56 Å². The monoisotopic (exact) mass is 250 g/mol. The highest BCUT2D eigenvalue weighted by atomic mass is 32.2. The summed E-state index contributed by atoms with van der Waals surface area (Å²) in [5.41, 5.74) is 2.87. The molecular formula is C10H10N4O2S. The molecule has 0 unspecified atom stereocenters. The van der Waals surface area contributed by atoms with E-state index in [0.29, 0.717) is 11.1 Å². The van der Waals surface area contributed by atoms with Crippen LogP contribution in [0.5, 0.6) is 0 Å². The van der Waals surface area contributed by atoms with Gasteiger partial charge in [-0.1, -0.05) is 30.0 Å². The van der Waals surface area contributed by atoms with E-state index in [1.54, 1.807) is 0 Å². The van der Waals surface area contributed by atoms with E-state index in [1.807, 2.05) is 35.8 Å². The molecule has 0 bridgehead atoms. The summed E-state index contributed by atoms with van der Waals surface area (Å²) < 4.78 is 5.38. The average molecular weight is 250 g/mol. The number of hydrogen-bond donors (Lipinski definition) is 2. The number of amides is 1. The van der Waals surface area contributed by atoms with Gasteiger partial charge in [-0.3, -0.25) is 10.2 Å². The number of thioether (sulfide) groups is 1. The van der Waals surface area contributed by atoms with Crippen molar-refractivity contribution in [1.29, 1.82) is 0 Å². The average Bonchev–Trinajstić information content (AvgIpc) is 2.86. The normalized spacial score (nSPS) is 10.2. The molecule has 6 nitrogen and oxygen atoms in total. The van der Waals surface area contributed by atoms with Gasteiger partial charge in [0.05, 0.1) is 5.75 Å². The van der Waals surface area contributed by atoms with E-state index >= 15 is 0 Å². The fraction of sp³-hybridized carbons (Fsp3) is 0.100. The van der Waals surface area contributed by atoms with Crippen LogP contribution in [0, 0.1) is 0 Å². The van der Waals surface area contributed by atoms with Gasteiger partial charge in [0.15, 0.2) is 0 Å². The highest BCUT2D eigenvalue weighted by molar-refractivity contribution is 7.99. The number of benzene rings is 1. The fourth-order valence-electron chi connectivity index (χ4n) is 1.13. The first-order valence-electron chi connectivity index (χ1n) is 4.81. The molecule has 0 saturated carbocycles. The molecule has 3 N–H and O–H groups in total. The first-order valence-corrected chi connectivity index (χ1v) is 5.79. The first kappa shape index (κ1) is 11.6. The van der Waals surface area contributed by atoms with E-state index in [-0.39, 0.29) is 11.7 Å². The maximum atomic E-state index is 10.9. The van der Waals surface area contributed by atoms with Gasteiger partial charge in [0.1, 0.15) is 0 Å². The lowest BCUT2D eigenvalue weighted by molar-refractivity contribution is -0.118. The lowest BCUT2D eigenvalue weighted by Gasteiger charge is -1.95. The molecule has 1 heterocycles. The van der Waals surface area contributed by atoms with Gasteiger partial charge in [-0.25, -0.2) is 5.84 Å². The minimum atomic E-state index is -0.297. The molecule has 88 valence electrons. The van der Waals surface area contributed by atoms with Crippen molar-refractivity contribution in [3.05, 3.63) is 30.3 Å². The molecule has 0 fully saturated rings. The Morgan fingerprint density at radius 1 is 1.35 bits per heavy atom. The van der Waals surface area contributed by atoms with Crippen molar-refractivity contribution >= 4 is 17.7 Å². The summed E-state index contributed by atoms with van der Waals surface area (Å²) in [4.78, 5) is 10.9. The van der Waals surface area contributed by atoms with Gasteiger partial charge in [-0.15, -0.1) is 10.2 Å². The highest BCUT2D eigenvalue weighted by Gasteiger charge is 2.09. The van der Waals surface area contributed by atoms with Gasteiger partial charge in [0.25, 0.3) is 5.22 Å². The van der Waals surface area contributed by atoms with E-state index < -0.39 is 0 Å². The molecule has 0 spiro atoms. The number of nitrogens with zero attached hydrogens (tertiary/aromatic N) is 2. The highest BCUT2D eigenvalue weighted by Crippen LogP contribution is 2.22. The minimum Gasteiger partial charge on any atom is -0.411 e. The molecule has 0 saturated heterocycles. The summed E-state index contributed by atoms with van der Waals surface area (Å²) >= 11 is 1.14. The summed E-state index contributed by atoms with van der Waals surface area (Å²) in [5.74, 6) is 5.23. The number of carbonyl (C=O) groups excluding carboxylic acids is 1. The molecule has 0 radical (unpaired) electrons. The number of hydrogen-bond acceptors (Lipinski definition) is 6. The fourth-order valence-corrected chi connectivity index (χ4v) is 1.71. The van der Waals surface area contributed by atoms with Crippen molar-refractivity contribution in [3.8, 4) is 11.5 Å². The van der Waals surface area contributed by atoms with Crippen molar-refractivity contribution in [2.24, 2.45) is 5.84 Å². The Morgan fingerprint density at radius 2 is 2.12 bits per heavy atom. The maximum Gasteiger partial charge on any atom is 0.277 e. The van der Waals surface area contributed by atoms with E-state index in [4.69, 9.17) is 10.3 Å². The number of aromatic nitrogens is 2. The third-order valence-corrected chi connectivity index (χ3v) is 2.73. The molecule has 2 aromatic rings. The molecule has 1 aromatic heterocycles. The molecular weight excluding hydrogens is 240 g/mol. The molecule has 1 aromatic carbocycles. The second-order valence-corrected chi connectivity index (χ2v) is 4.02. The van der Waals surface area contributed by atoms with Crippen LogP contribution < -0.4 is 11.3 Å². The number of hydrazine groups is 1. The smallest absolute Gasteiger partial charge is 0.277 e. The van der Waals surface area contributed by atoms with Crippen LogP contribution in [0.3, 0.4) is 0 Å². The van der Waals surface area contributed by atoms with Crippen molar-refractivity contribution in [2.45, 2.75) is 5.22 Å². The Bertz CT molecular complexity index is 500. The second-order valence-electron chi connectivity index (χ2n) is 3.10. The van der Waals surface area contributed by atoms with Gasteiger partial charge < -0.3 is 4.42 Å². The number of rotatable bonds is 4. The van der Waals surface area contributed by atoms with Crippen LogP contribution in [0.2, 0.25) is 0 Å². The molecule has 17 heavy (non-hydrogen) atoms. The second kappa shape index (κ2) is 5.46. The van der Waals surface area contributed by atoms with Crippen LogP contribution in [-0.4, -0.2) is 21.9 Å². The zero-order valence-corrected chi connectivity index (χ0v) is 9.61. The van der Waals surface area contributed by atoms with E-state index in [1.165, 1.54) is 0 Å². The summed E-state index contributed by atoms with van der Waals surface area (Å²) in [7, 11) is 0. The van der Waals surface area contributed by atoms with Crippen molar-refractivity contribution in [3.63, 3.8) is 0 Å². The van der Waals surface area contributed by atoms with Crippen LogP contribution in [0.15, 0.2) is 40.0 Å². The van der Waals surface area contributed by atoms with Crippen molar-refractivity contribution in [2.75, 3.05) is 5.75 Å². The standard InChI is InChI=1S/C10H10N4O2S/c11-12-8(15)6-17-10-14-13-9(16-10)7-4-2-1-3-5-7/h1-5H,6,11H2,(H,12,15). The first-order chi connectivity index (χ1) is 8.29. The van der Waals surface area contributed by atoms with E-state index in [0.717, 1.165) is 17.3 Å². The molecule has 0 aliphatic rings. The largest absolute Gasteiger partial charge is 0.411 e. The Kier molecular flexibility index (Phi) is 3.73. The van der Waals surface area contributed by atoms with Crippen molar-refractivity contribution in [1.82, 2.24) is 15.6 Å². The predicted molar refractivity (Wildman–Crippen MR) is 62.8 cm³/mol. The summed E-state index contributed by atoms with van der Waals surface area (Å²) in [6.07, 6.45) is 0. The quantitative estimate of drug-likeness (QED) is 0.361. The Labute approximate surface area is 102 Å². The lowest BCUT2D eigenvalue weighted by atomic mass is 10.2. The maximum absolute atomic E-state index is 10.9. The van der Waals surface area contributed by atoms with Crippen LogP contribution in [-0.2, 0) is 4.79 Å². The van der Waals surface area contributed by atoms with Crippen LogP contribution in [0.1, 0.15) is 0 Å². The summed E-state index contributed by atoms with van der Waals surface area (Å²) in [5, 5.41) is 8.05. The minimum absolute atomic E-state index is 0.146. The molecule has 1 amide bonds. The topological polar surface area (TPSA) is 94.0 Å². The third kappa shape index (κ3) is 3.05. The van der Waals surface area contributed by atoms with Gasteiger partial charge in [-0.05, 0) is 12.1 Å². The number of nitrogens with two attached hydrogens (primary N) is 1. The van der Waals surface area contributed by atoms with Crippen LogP contribution >= 0.6 is 11.8 Å². The Hall–Kier alpha value is -1.86. The van der Waals surface area contributed by atoms with Crippen LogP contribution in [0.25, 0.3) is 11.5 Å². The predicted octanol–water partition coefficient (Wildman–Crippen LogP) is 0.819. The van der Waals surface area contributed by atoms with Crippen molar-refractivity contribution < 1.29 is 9.21 Å². The number of carbonyl (C=O) groups is 1. The number of nitrogens with one attached hydrogen (secondary N) is 1. The van der Waals surface area contributed by atoms with E-state index in [2.05, 4.69) is 10.2 Å². The summed E-state index contributed by atoms with van der Waals surface area (Å²) in [6, 6.07) is 9.41. The van der Waals surface area contributed by atoms with Gasteiger partial charge in [0.2, 0.25) is 11.8 Å². The third-order valence-electron chi connectivity index (χ3n) is 1.91. The Balaban J connectivity index is 2.04. The van der Waals surface area contributed by atoms with Crippen LogP contribution in [0.4, 0.5) is 0 Å². The van der Waals surface area contributed by atoms with Gasteiger partial charge >= 0.3 is 0 Å². The summed E-state index contributed by atoms with van der Waals surface area (Å²) in [6.45, 7) is 0. The molecule has 7 heteroatoms. The van der Waals surface area contributed by atoms with Gasteiger partial charge in [-0.2, -0.15) is 0 Å². The zero-order valence-electron chi connectivity index (χ0n) is 8.79. The lowest BCUT2D eigenvalue weighted by Crippen LogP contribution is -2.31. The zero-order chi connectivity index (χ0) is 12.1. The molecule has 0 atom stereocenters. The molecule has 0 aliphatic heterocycles. The Morgan fingerprint density at radius 3 is 2.82 bits per heavy atom. The SMILES string of the molecule is NNC(=O)CSc1nnc(-c2ccccc2)o1. The molecule has 2 rings (SSSR count). The molecule has 0 aliphatic carbocycles.